The number of methoxy groups -OCH3 is 2. The molecule has 0 aliphatic carbocycles. The molecule has 7 nitrogen and oxygen atoms in total. The molecule has 0 unspecified atom stereocenters. The highest BCUT2D eigenvalue weighted by Crippen LogP contribution is 2.39. The van der Waals surface area contributed by atoms with E-state index in [1.807, 2.05) is 60.7 Å². The number of amides is 1. The van der Waals surface area contributed by atoms with Gasteiger partial charge in [-0.2, -0.15) is 0 Å². The maximum Gasteiger partial charge on any atom is 0.227 e. The van der Waals surface area contributed by atoms with Crippen molar-refractivity contribution in [2.75, 3.05) is 32.3 Å². The second kappa shape index (κ2) is 9.88. The zero-order valence-electron chi connectivity index (χ0n) is 19.6. The molecule has 1 aliphatic rings. The first-order chi connectivity index (χ1) is 17.1. The number of hydrogen-bond donors (Lipinski definition) is 0. The van der Waals surface area contributed by atoms with Crippen molar-refractivity contribution in [2.24, 2.45) is 0 Å². The molecule has 2 heterocycles. The summed E-state index contributed by atoms with van der Waals surface area (Å²) in [6.07, 6.45) is 0.356. The number of anilines is 1. The molecular weight excluding hydrogens is 466 g/mol. The van der Waals surface area contributed by atoms with Gasteiger partial charge in [0.1, 0.15) is 29.7 Å². The zero-order chi connectivity index (χ0) is 24.4. The maximum atomic E-state index is 13.1. The van der Waals surface area contributed by atoms with Crippen LogP contribution >= 0.6 is 11.6 Å². The first-order valence-electron chi connectivity index (χ1n) is 11.4. The molecule has 3 aromatic carbocycles. The standard InChI is InChI=1S/C27H26ClN3O4/c1-33-19-11-12-25(34-2)23(16-19)31-17-18(15-26(31)32)27-29-21-8-4-5-9-22(21)30(27)13-14-35-24-10-6-3-7-20(24)28/h3-12,16,18H,13-15,17H2,1-2H3/t18-/m0/s1. The molecule has 1 aromatic heterocycles. The Hall–Kier alpha value is -3.71. The van der Waals surface area contributed by atoms with Crippen LogP contribution in [-0.4, -0.2) is 42.8 Å². The second-order valence-corrected chi connectivity index (χ2v) is 8.74. The lowest BCUT2D eigenvalue weighted by atomic mass is 10.1. The third-order valence-corrected chi connectivity index (χ3v) is 6.57. The second-order valence-electron chi connectivity index (χ2n) is 8.33. The number of nitrogens with zero attached hydrogens (tertiary/aromatic N) is 3. The summed E-state index contributed by atoms with van der Waals surface area (Å²) < 4.78 is 19.0. The van der Waals surface area contributed by atoms with Crippen LogP contribution in [0.4, 0.5) is 5.69 Å². The largest absolute Gasteiger partial charge is 0.497 e. The number of ether oxygens (including phenoxy) is 3. The molecule has 1 fully saturated rings. The number of halogens is 1. The highest BCUT2D eigenvalue weighted by Gasteiger charge is 2.36. The summed E-state index contributed by atoms with van der Waals surface area (Å²) in [6.45, 7) is 1.50. The Morgan fingerprint density at radius 3 is 2.60 bits per heavy atom. The van der Waals surface area contributed by atoms with Crippen molar-refractivity contribution in [3.05, 3.63) is 77.6 Å². The Kier molecular flexibility index (Phi) is 6.51. The molecule has 0 bridgehead atoms. The van der Waals surface area contributed by atoms with Gasteiger partial charge in [-0.05, 0) is 36.4 Å². The highest BCUT2D eigenvalue weighted by molar-refractivity contribution is 6.32. The maximum absolute atomic E-state index is 13.1. The Morgan fingerprint density at radius 1 is 1.00 bits per heavy atom. The van der Waals surface area contributed by atoms with Gasteiger partial charge in [-0.15, -0.1) is 0 Å². The van der Waals surface area contributed by atoms with Crippen molar-refractivity contribution in [3.63, 3.8) is 0 Å². The Balaban J connectivity index is 1.43. The Morgan fingerprint density at radius 2 is 1.80 bits per heavy atom. The molecule has 1 saturated heterocycles. The van der Waals surface area contributed by atoms with Crippen LogP contribution in [-0.2, 0) is 11.3 Å². The van der Waals surface area contributed by atoms with Gasteiger partial charge in [0.2, 0.25) is 5.91 Å². The lowest BCUT2D eigenvalue weighted by Gasteiger charge is -2.20. The number of benzene rings is 3. The minimum atomic E-state index is -0.0777. The lowest BCUT2D eigenvalue weighted by Crippen LogP contribution is -2.25. The molecular formula is C27H26ClN3O4. The average molecular weight is 492 g/mol. The molecule has 8 heteroatoms. The van der Waals surface area contributed by atoms with E-state index in [0.717, 1.165) is 16.9 Å². The monoisotopic (exact) mass is 491 g/mol. The predicted molar refractivity (Wildman–Crippen MR) is 136 cm³/mol. The number of carbonyl (C=O) groups excluding carboxylic acids is 1. The smallest absolute Gasteiger partial charge is 0.227 e. The van der Waals surface area contributed by atoms with Crippen LogP contribution in [0.3, 0.4) is 0 Å². The summed E-state index contributed by atoms with van der Waals surface area (Å²) in [6, 6.07) is 20.9. The van der Waals surface area contributed by atoms with Gasteiger partial charge in [0.15, 0.2) is 0 Å². The van der Waals surface area contributed by atoms with Crippen LogP contribution < -0.4 is 19.1 Å². The van der Waals surface area contributed by atoms with Crippen LogP contribution in [0.2, 0.25) is 5.02 Å². The van der Waals surface area contributed by atoms with Crippen LogP contribution in [0.15, 0.2) is 66.7 Å². The Labute approximate surface area is 208 Å². The molecule has 0 spiro atoms. The summed E-state index contributed by atoms with van der Waals surface area (Å²) in [5, 5.41) is 0.576. The van der Waals surface area contributed by atoms with Gasteiger partial charge >= 0.3 is 0 Å². The lowest BCUT2D eigenvalue weighted by molar-refractivity contribution is -0.117. The molecule has 4 aromatic rings. The van der Waals surface area contributed by atoms with Gasteiger partial charge in [-0.3, -0.25) is 4.79 Å². The van der Waals surface area contributed by atoms with Gasteiger partial charge in [-0.25, -0.2) is 4.98 Å². The predicted octanol–water partition coefficient (Wildman–Crippen LogP) is 5.31. The number of aromatic nitrogens is 2. The molecule has 1 atom stereocenters. The van der Waals surface area contributed by atoms with Crippen molar-refractivity contribution in [1.29, 1.82) is 0 Å². The minimum absolute atomic E-state index is 0.0208. The van der Waals surface area contributed by atoms with Gasteiger partial charge in [-0.1, -0.05) is 35.9 Å². The fraction of sp³-hybridized carbons (Fsp3) is 0.259. The summed E-state index contributed by atoms with van der Waals surface area (Å²) in [5.74, 6) is 2.75. The third kappa shape index (κ3) is 4.51. The van der Waals surface area contributed by atoms with E-state index in [0.29, 0.717) is 54.1 Å². The molecule has 0 saturated carbocycles. The number of hydrogen-bond acceptors (Lipinski definition) is 5. The summed E-state index contributed by atoms with van der Waals surface area (Å²) in [5.41, 5.74) is 2.60. The molecule has 1 amide bonds. The molecule has 35 heavy (non-hydrogen) atoms. The van der Waals surface area contributed by atoms with E-state index in [2.05, 4.69) is 4.57 Å². The van der Waals surface area contributed by atoms with Crippen molar-refractivity contribution in [1.82, 2.24) is 9.55 Å². The fourth-order valence-electron chi connectivity index (χ4n) is 4.57. The van der Waals surface area contributed by atoms with Crippen LogP contribution in [0.5, 0.6) is 17.2 Å². The number of fused-ring (bicyclic) bond motifs is 1. The average Bonchev–Trinajstić information content (AvgIpc) is 3.45. The Bertz CT molecular complexity index is 1370. The normalized spacial score (nSPS) is 15.6. The van der Waals surface area contributed by atoms with Gasteiger partial charge < -0.3 is 23.7 Å². The third-order valence-electron chi connectivity index (χ3n) is 6.26. The molecule has 0 N–H and O–H groups in total. The highest BCUT2D eigenvalue weighted by atomic mass is 35.5. The summed E-state index contributed by atoms with van der Waals surface area (Å²) in [4.78, 5) is 19.8. The number of carbonyl (C=O) groups is 1. The first-order valence-corrected chi connectivity index (χ1v) is 11.8. The van der Waals surface area contributed by atoms with Gasteiger partial charge in [0.25, 0.3) is 0 Å². The molecule has 180 valence electrons. The molecule has 1 aliphatic heterocycles. The number of rotatable bonds is 8. The minimum Gasteiger partial charge on any atom is -0.497 e. The van der Waals surface area contributed by atoms with Gasteiger partial charge in [0, 0.05) is 24.9 Å². The first kappa shape index (κ1) is 23.1. The van der Waals surface area contributed by atoms with E-state index >= 15 is 0 Å². The number of para-hydroxylation sites is 3. The summed E-state index contributed by atoms with van der Waals surface area (Å²) in [7, 11) is 3.20. The SMILES string of the molecule is COc1ccc(OC)c(N2C[C@@H](c3nc4ccccc4n3CCOc3ccccc3Cl)CC2=O)c1. The van der Waals surface area contributed by atoms with E-state index in [1.54, 1.807) is 25.2 Å². The topological polar surface area (TPSA) is 65.8 Å². The quantitative estimate of drug-likeness (QED) is 0.334. The van der Waals surface area contributed by atoms with E-state index in [1.165, 1.54) is 0 Å². The van der Waals surface area contributed by atoms with Gasteiger partial charge in [0.05, 0.1) is 42.5 Å². The fourth-order valence-corrected chi connectivity index (χ4v) is 4.76. The van der Waals surface area contributed by atoms with Crippen LogP contribution in [0.1, 0.15) is 18.2 Å². The summed E-state index contributed by atoms with van der Waals surface area (Å²) >= 11 is 6.25. The van der Waals surface area contributed by atoms with E-state index in [9.17, 15) is 4.79 Å². The zero-order valence-corrected chi connectivity index (χ0v) is 20.4. The van der Waals surface area contributed by atoms with E-state index in [4.69, 9.17) is 30.8 Å². The number of imidazole rings is 1. The van der Waals surface area contributed by atoms with Crippen molar-refractivity contribution < 1.29 is 19.0 Å². The molecule has 5 rings (SSSR count). The van der Waals surface area contributed by atoms with E-state index < -0.39 is 0 Å². The van der Waals surface area contributed by atoms with Crippen molar-refractivity contribution in [3.8, 4) is 17.2 Å². The van der Waals surface area contributed by atoms with Crippen molar-refractivity contribution >= 4 is 34.2 Å². The van der Waals surface area contributed by atoms with Crippen LogP contribution in [0.25, 0.3) is 11.0 Å². The van der Waals surface area contributed by atoms with Crippen molar-refractivity contribution in [2.45, 2.75) is 18.9 Å². The van der Waals surface area contributed by atoms with Crippen LogP contribution in [0, 0.1) is 0 Å². The van der Waals surface area contributed by atoms with E-state index in [-0.39, 0.29) is 11.8 Å². The molecule has 0 radical (unpaired) electrons.